The van der Waals surface area contributed by atoms with Crippen molar-refractivity contribution in [3.8, 4) is 0 Å². The Labute approximate surface area is 89.6 Å². The highest BCUT2D eigenvalue weighted by Crippen LogP contribution is 2.35. The smallest absolute Gasteiger partial charge is 0.243 e. The van der Waals surface area contributed by atoms with Gasteiger partial charge in [0.2, 0.25) is 5.91 Å². The fourth-order valence-corrected chi connectivity index (χ4v) is 3.38. The summed E-state index contributed by atoms with van der Waals surface area (Å²) in [4.78, 5) is 13.5. The van der Waals surface area contributed by atoms with Crippen LogP contribution in [0.25, 0.3) is 0 Å². The van der Waals surface area contributed by atoms with E-state index in [2.05, 4.69) is 12.2 Å². The molecule has 2 fully saturated rings. The molecule has 2 heterocycles. The maximum atomic E-state index is 11.6. The van der Waals surface area contributed by atoms with Crippen LogP contribution in [0.1, 0.15) is 26.2 Å². The van der Waals surface area contributed by atoms with Crippen LogP contribution < -0.4 is 5.32 Å². The molecule has 0 aromatic heterocycles. The Morgan fingerprint density at radius 3 is 3.21 bits per heavy atom. The number of amides is 1. The van der Waals surface area contributed by atoms with Gasteiger partial charge in [-0.3, -0.25) is 4.79 Å². The van der Waals surface area contributed by atoms with E-state index >= 15 is 0 Å². The maximum absolute atomic E-state index is 11.6. The molecule has 2 unspecified atom stereocenters. The minimum absolute atomic E-state index is 0.124. The Balaban J connectivity index is 1.69. The van der Waals surface area contributed by atoms with Crippen LogP contribution >= 0.6 is 11.8 Å². The van der Waals surface area contributed by atoms with E-state index in [4.69, 9.17) is 0 Å². The number of thioether (sulfide) groups is 1. The highest BCUT2D eigenvalue weighted by molar-refractivity contribution is 8.00. The second-order valence-corrected chi connectivity index (χ2v) is 5.16. The standard InChI is InChI=1S/C10H18N2OS/c1-2-3-4-5-11-8-9(13)12-6-7-14-10(8)12/h8,10-11H,2-7H2,1H3. The first-order chi connectivity index (χ1) is 6.84. The summed E-state index contributed by atoms with van der Waals surface area (Å²) in [6.07, 6.45) is 3.69. The summed E-state index contributed by atoms with van der Waals surface area (Å²) in [5.41, 5.74) is 0. The summed E-state index contributed by atoms with van der Waals surface area (Å²) in [6.45, 7) is 4.15. The number of carbonyl (C=O) groups is 1. The van der Waals surface area contributed by atoms with Gasteiger partial charge in [-0.15, -0.1) is 11.8 Å². The highest BCUT2D eigenvalue weighted by atomic mass is 32.2. The number of carbonyl (C=O) groups excluding carboxylic acids is 1. The van der Waals surface area contributed by atoms with E-state index in [0.717, 1.165) is 18.8 Å². The molecule has 0 aromatic carbocycles. The second kappa shape index (κ2) is 4.53. The molecule has 0 radical (unpaired) electrons. The first kappa shape index (κ1) is 10.3. The molecule has 2 rings (SSSR count). The Bertz CT molecular complexity index is 222. The van der Waals surface area contributed by atoms with Crippen LogP contribution in [-0.4, -0.2) is 41.1 Å². The summed E-state index contributed by atoms with van der Waals surface area (Å²) in [5.74, 6) is 1.43. The third kappa shape index (κ3) is 1.77. The van der Waals surface area contributed by atoms with Gasteiger partial charge in [-0.05, 0) is 13.0 Å². The van der Waals surface area contributed by atoms with Crippen molar-refractivity contribution in [2.24, 2.45) is 0 Å². The van der Waals surface area contributed by atoms with Crippen molar-refractivity contribution in [2.45, 2.75) is 37.6 Å². The molecule has 1 N–H and O–H groups in total. The molecule has 0 spiro atoms. The first-order valence-electron chi connectivity index (χ1n) is 5.50. The zero-order valence-corrected chi connectivity index (χ0v) is 9.48. The van der Waals surface area contributed by atoms with Gasteiger partial charge in [-0.1, -0.05) is 19.8 Å². The minimum atomic E-state index is 0.124. The summed E-state index contributed by atoms with van der Waals surface area (Å²) in [6, 6.07) is 0.124. The van der Waals surface area contributed by atoms with Crippen molar-refractivity contribution in [3.05, 3.63) is 0 Å². The topological polar surface area (TPSA) is 32.3 Å². The second-order valence-electron chi connectivity index (χ2n) is 3.93. The van der Waals surface area contributed by atoms with Crippen molar-refractivity contribution in [3.63, 3.8) is 0 Å². The third-order valence-electron chi connectivity index (χ3n) is 2.91. The van der Waals surface area contributed by atoms with E-state index in [1.54, 1.807) is 0 Å². The zero-order chi connectivity index (χ0) is 9.97. The minimum Gasteiger partial charge on any atom is -0.326 e. The molecule has 2 aliphatic heterocycles. The van der Waals surface area contributed by atoms with E-state index in [1.807, 2.05) is 16.7 Å². The Hall–Kier alpha value is -0.220. The van der Waals surface area contributed by atoms with Gasteiger partial charge in [0.15, 0.2) is 0 Å². The number of hydrogen-bond donors (Lipinski definition) is 1. The molecule has 0 aromatic rings. The number of β-lactam (4-membered cyclic amide) rings is 1. The van der Waals surface area contributed by atoms with Gasteiger partial charge in [0.05, 0.1) is 0 Å². The quantitative estimate of drug-likeness (QED) is 0.548. The highest BCUT2D eigenvalue weighted by Gasteiger charge is 2.49. The third-order valence-corrected chi connectivity index (χ3v) is 4.19. The van der Waals surface area contributed by atoms with Crippen LogP contribution in [0.2, 0.25) is 0 Å². The number of unbranched alkanes of at least 4 members (excludes halogenated alkanes) is 2. The van der Waals surface area contributed by atoms with Gasteiger partial charge in [0.25, 0.3) is 0 Å². The Morgan fingerprint density at radius 1 is 1.57 bits per heavy atom. The van der Waals surface area contributed by atoms with Gasteiger partial charge in [-0.25, -0.2) is 0 Å². The molecule has 0 saturated carbocycles. The molecule has 3 nitrogen and oxygen atoms in total. The molecule has 0 aliphatic carbocycles. The lowest BCUT2D eigenvalue weighted by Crippen LogP contribution is -2.66. The summed E-state index contributed by atoms with van der Waals surface area (Å²) in [7, 11) is 0. The monoisotopic (exact) mass is 214 g/mol. The molecule has 14 heavy (non-hydrogen) atoms. The van der Waals surface area contributed by atoms with E-state index < -0.39 is 0 Å². The lowest BCUT2D eigenvalue weighted by atomic mass is 10.1. The molecule has 4 heteroatoms. The fourth-order valence-electron chi connectivity index (χ4n) is 2.04. The van der Waals surface area contributed by atoms with Crippen LogP contribution in [0, 0.1) is 0 Å². The van der Waals surface area contributed by atoms with Crippen molar-refractivity contribution < 1.29 is 4.79 Å². The Morgan fingerprint density at radius 2 is 2.43 bits per heavy atom. The number of hydrogen-bond acceptors (Lipinski definition) is 3. The first-order valence-corrected chi connectivity index (χ1v) is 6.55. The molecule has 2 atom stereocenters. The molecule has 0 bridgehead atoms. The number of rotatable bonds is 5. The fraction of sp³-hybridized carbons (Fsp3) is 0.900. The average Bonchev–Trinajstić information content (AvgIpc) is 2.62. The number of fused-ring (bicyclic) bond motifs is 1. The SMILES string of the molecule is CCCCCNC1C(=O)N2CCSC12. The molecule has 80 valence electrons. The van der Waals surface area contributed by atoms with Gasteiger partial charge < -0.3 is 10.2 Å². The van der Waals surface area contributed by atoms with Gasteiger partial charge >= 0.3 is 0 Å². The maximum Gasteiger partial charge on any atom is 0.243 e. The molecular weight excluding hydrogens is 196 g/mol. The molecule has 1 amide bonds. The van der Waals surface area contributed by atoms with Crippen molar-refractivity contribution in [1.82, 2.24) is 10.2 Å². The van der Waals surface area contributed by atoms with Gasteiger partial charge in [0, 0.05) is 12.3 Å². The normalized spacial score (nSPS) is 30.4. The number of nitrogens with zero attached hydrogens (tertiary/aromatic N) is 1. The van der Waals surface area contributed by atoms with E-state index in [1.165, 1.54) is 19.3 Å². The lowest BCUT2D eigenvalue weighted by molar-refractivity contribution is -0.144. The predicted molar refractivity (Wildman–Crippen MR) is 59.3 cm³/mol. The predicted octanol–water partition coefficient (Wildman–Crippen LogP) is 1.05. The molecule has 2 aliphatic rings. The van der Waals surface area contributed by atoms with Crippen molar-refractivity contribution in [1.29, 1.82) is 0 Å². The van der Waals surface area contributed by atoms with Crippen LogP contribution in [0.5, 0.6) is 0 Å². The van der Waals surface area contributed by atoms with Crippen LogP contribution in [0.4, 0.5) is 0 Å². The largest absolute Gasteiger partial charge is 0.326 e. The molecule has 2 saturated heterocycles. The summed E-state index contributed by atoms with van der Waals surface area (Å²) < 4.78 is 0. The van der Waals surface area contributed by atoms with Crippen LogP contribution in [0.15, 0.2) is 0 Å². The van der Waals surface area contributed by atoms with E-state index in [-0.39, 0.29) is 6.04 Å². The van der Waals surface area contributed by atoms with E-state index in [0.29, 0.717) is 11.3 Å². The van der Waals surface area contributed by atoms with Crippen LogP contribution in [0.3, 0.4) is 0 Å². The van der Waals surface area contributed by atoms with Crippen molar-refractivity contribution in [2.75, 3.05) is 18.8 Å². The summed E-state index contributed by atoms with van der Waals surface area (Å²) >= 11 is 1.91. The molecular formula is C10H18N2OS. The van der Waals surface area contributed by atoms with Crippen molar-refractivity contribution >= 4 is 17.7 Å². The van der Waals surface area contributed by atoms with E-state index in [9.17, 15) is 4.79 Å². The van der Waals surface area contributed by atoms with Gasteiger partial charge in [0.1, 0.15) is 11.4 Å². The Kier molecular flexibility index (Phi) is 3.34. The number of nitrogens with one attached hydrogen (secondary N) is 1. The van der Waals surface area contributed by atoms with Gasteiger partial charge in [-0.2, -0.15) is 0 Å². The lowest BCUT2D eigenvalue weighted by Gasteiger charge is -2.42. The summed E-state index contributed by atoms with van der Waals surface area (Å²) in [5, 5.41) is 3.81. The average molecular weight is 214 g/mol. The zero-order valence-electron chi connectivity index (χ0n) is 8.66. The van der Waals surface area contributed by atoms with Crippen LogP contribution in [-0.2, 0) is 4.79 Å².